The van der Waals surface area contributed by atoms with Crippen molar-refractivity contribution in [3.8, 4) is 11.5 Å². The van der Waals surface area contributed by atoms with E-state index in [-0.39, 0.29) is 25.2 Å². The lowest BCUT2D eigenvalue weighted by Crippen LogP contribution is -2.39. The summed E-state index contributed by atoms with van der Waals surface area (Å²) >= 11 is 5.86. The normalized spacial score (nSPS) is 11.9. The highest BCUT2D eigenvalue weighted by Gasteiger charge is 2.17. The number of hydrogen-bond donors (Lipinski definition) is 1. The third-order valence-electron chi connectivity index (χ3n) is 3.75. The second-order valence-electron chi connectivity index (χ2n) is 5.55. The first-order valence-corrected chi connectivity index (χ1v) is 8.09. The van der Waals surface area contributed by atoms with E-state index in [1.807, 2.05) is 12.1 Å². The molecule has 0 aliphatic carbocycles. The molecule has 0 saturated carbocycles. The van der Waals surface area contributed by atoms with Gasteiger partial charge >= 0.3 is 0 Å². The number of nitrogens with one attached hydrogen (secondary N) is 1. The third kappa shape index (κ3) is 4.22. The van der Waals surface area contributed by atoms with E-state index < -0.39 is 0 Å². The Labute approximate surface area is 150 Å². The molecule has 1 N–H and O–H groups in total. The Bertz CT molecular complexity index is 792. The average molecular weight is 361 g/mol. The molecule has 2 amide bonds. The van der Waals surface area contributed by atoms with Crippen LogP contribution in [-0.2, 0) is 16.1 Å². The van der Waals surface area contributed by atoms with Gasteiger partial charge < -0.3 is 19.7 Å². The molecular weight excluding hydrogens is 344 g/mol. The molecule has 6 nitrogen and oxygen atoms in total. The van der Waals surface area contributed by atoms with E-state index >= 15 is 0 Å². The largest absolute Gasteiger partial charge is 0.454 e. The summed E-state index contributed by atoms with van der Waals surface area (Å²) in [4.78, 5) is 25.5. The lowest BCUT2D eigenvalue weighted by Gasteiger charge is -2.20. The van der Waals surface area contributed by atoms with Crippen molar-refractivity contribution in [2.45, 2.75) is 13.5 Å². The number of rotatable bonds is 5. The molecule has 0 atom stereocenters. The van der Waals surface area contributed by atoms with Crippen LogP contribution in [0.4, 0.5) is 5.69 Å². The second kappa shape index (κ2) is 7.44. The van der Waals surface area contributed by atoms with Crippen LogP contribution in [0.1, 0.15) is 12.5 Å². The van der Waals surface area contributed by atoms with Crippen LogP contribution in [0.5, 0.6) is 11.5 Å². The molecule has 0 unspecified atom stereocenters. The summed E-state index contributed by atoms with van der Waals surface area (Å²) in [6.45, 7) is 1.89. The van der Waals surface area contributed by atoms with E-state index in [1.54, 1.807) is 30.3 Å². The van der Waals surface area contributed by atoms with Gasteiger partial charge in [0, 0.05) is 24.2 Å². The van der Waals surface area contributed by atoms with Gasteiger partial charge in [-0.25, -0.2) is 0 Å². The molecule has 3 rings (SSSR count). The highest BCUT2D eigenvalue weighted by Crippen LogP contribution is 2.32. The zero-order valence-corrected chi connectivity index (χ0v) is 14.4. The first-order valence-electron chi connectivity index (χ1n) is 7.72. The minimum absolute atomic E-state index is 0.0679. The minimum atomic E-state index is -0.261. The van der Waals surface area contributed by atoms with Gasteiger partial charge in [-0.1, -0.05) is 17.7 Å². The zero-order chi connectivity index (χ0) is 17.8. The number of carbonyl (C=O) groups excluding carboxylic acids is 2. The maximum Gasteiger partial charge on any atom is 0.240 e. The summed E-state index contributed by atoms with van der Waals surface area (Å²) in [5.74, 6) is 0.877. The van der Waals surface area contributed by atoms with E-state index in [0.29, 0.717) is 28.8 Å². The van der Waals surface area contributed by atoms with Gasteiger partial charge in [0.1, 0.15) is 6.54 Å². The highest BCUT2D eigenvalue weighted by atomic mass is 35.5. The zero-order valence-electron chi connectivity index (χ0n) is 13.6. The first-order chi connectivity index (χ1) is 12.0. The Morgan fingerprint density at radius 2 is 1.84 bits per heavy atom. The number of fused-ring (bicyclic) bond motifs is 1. The quantitative estimate of drug-likeness (QED) is 0.890. The first kappa shape index (κ1) is 17.1. The average Bonchev–Trinajstić information content (AvgIpc) is 3.06. The number of amides is 2. The van der Waals surface area contributed by atoms with Crippen molar-refractivity contribution in [2.75, 3.05) is 18.2 Å². The van der Waals surface area contributed by atoms with Crippen molar-refractivity contribution >= 4 is 29.1 Å². The molecular formula is C18H17ClN2O4. The van der Waals surface area contributed by atoms with Crippen LogP contribution in [0.15, 0.2) is 42.5 Å². The number of nitrogens with zero attached hydrogens (tertiary/aromatic N) is 1. The monoisotopic (exact) mass is 360 g/mol. The summed E-state index contributed by atoms with van der Waals surface area (Å²) in [5, 5.41) is 3.37. The van der Waals surface area contributed by atoms with Crippen molar-refractivity contribution in [3.05, 3.63) is 53.1 Å². The predicted molar refractivity (Wildman–Crippen MR) is 93.9 cm³/mol. The molecule has 0 saturated heterocycles. The van der Waals surface area contributed by atoms with Crippen molar-refractivity contribution < 1.29 is 19.1 Å². The van der Waals surface area contributed by atoms with E-state index in [1.165, 1.54) is 11.8 Å². The number of anilines is 1. The van der Waals surface area contributed by atoms with Crippen LogP contribution in [0.3, 0.4) is 0 Å². The Balaban J connectivity index is 1.60. The molecule has 2 aromatic rings. The Kier molecular flexibility index (Phi) is 5.09. The van der Waals surface area contributed by atoms with Crippen molar-refractivity contribution in [1.82, 2.24) is 5.32 Å². The lowest BCUT2D eigenvalue weighted by molar-refractivity contribution is -0.123. The Hall–Kier alpha value is -2.73. The summed E-state index contributed by atoms with van der Waals surface area (Å²) in [5.41, 5.74) is 1.51. The van der Waals surface area contributed by atoms with E-state index in [0.717, 1.165) is 5.56 Å². The molecule has 0 radical (unpaired) electrons. The van der Waals surface area contributed by atoms with Crippen molar-refractivity contribution in [2.24, 2.45) is 0 Å². The summed E-state index contributed by atoms with van der Waals surface area (Å²) in [6.07, 6.45) is 0. The fraction of sp³-hybridized carbons (Fsp3) is 0.222. The summed E-state index contributed by atoms with van der Waals surface area (Å²) in [6, 6.07) is 12.2. The molecule has 1 heterocycles. The van der Waals surface area contributed by atoms with Gasteiger partial charge in [0.05, 0.1) is 0 Å². The molecule has 2 aromatic carbocycles. The number of benzene rings is 2. The molecule has 130 valence electrons. The molecule has 25 heavy (non-hydrogen) atoms. The standard InChI is InChI=1S/C18H17ClN2O4/c1-12(22)21(15-5-3-14(19)4-6-15)10-18(23)20-9-13-2-7-16-17(8-13)25-11-24-16/h2-8H,9-11H2,1H3,(H,20,23). The van der Waals surface area contributed by atoms with E-state index in [4.69, 9.17) is 21.1 Å². The van der Waals surface area contributed by atoms with Crippen molar-refractivity contribution in [3.63, 3.8) is 0 Å². The van der Waals surface area contributed by atoms with E-state index in [9.17, 15) is 9.59 Å². The van der Waals surface area contributed by atoms with Crippen molar-refractivity contribution in [1.29, 1.82) is 0 Å². The molecule has 1 aliphatic heterocycles. The van der Waals surface area contributed by atoms with Crippen LogP contribution >= 0.6 is 11.6 Å². The predicted octanol–water partition coefficient (Wildman–Crippen LogP) is 2.74. The highest BCUT2D eigenvalue weighted by molar-refractivity contribution is 6.30. The fourth-order valence-electron chi connectivity index (χ4n) is 2.46. The van der Waals surface area contributed by atoms with Crippen LogP contribution in [-0.4, -0.2) is 25.2 Å². The van der Waals surface area contributed by atoms with Crippen LogP contribution in [0, 0.1) is 0 Å². The molecule has 0 fully saturated rings. The summed E-state index contributed by atoms with van der Waals surface area (Å²) < 4.78 is 10.6. The smallest absolute Gasteiger partial charge is 0.240 e. The van der Waals surface area contributed by atoms with Gasteiger partial charge in [0.2, 0.25) is 18.6 Å². The van der Waals surface area contributed by atoms with Gasteiger partial charge in [0.25, 0.3) is 0 Å². The SMILES string of the molecule is CC(=O)N(CC(=O)NCc1ccc2c(c1)OCO2)c1ccc(Cl)cc1. The number of carbonyl (C=O) groups is 2. The molecule has 0 spiro atoms. The van der Waals surface area contributed by atoms with Crippen LogP contribution in [0.25, 0.3) is 0 Å². The molecule has 0 aromatic heterocycles. The van der Waals surface area contributed by atoms with Gasteiger partial charge in [-0.15, -0.1) is 0 Å². The lowest BCUT2D eigenvalue weighted by atomic mass is 10.2. The number of halogens is 1. The molecule has 1 aliphatic rings. The topological polar surface area (TPSA) is 67.9 Å². The maximum absolute atomic E-state index is 12.2. The van der Waals surface area contributed by atoms with Crippen LogP contribution < -0.4 is 19.7 Å². The maximum atomic E-state index is 12.2. The van der Waals surface area contributed by atoms with E-state index in [2.05, 4.69) is 5.32 Å². The van der Waals surface area contributed by atoms with Gasteiger partial charge in [-0.3, -0.25) is 9.59 Å². The third-order valence-corrected chi connectivity index (χ3v) is 4.00. The van der Waals surface area contributed by atoms with Crippen LogP contribution in [0.2, 0.25) is 5.02 Å². The Morgan fingerprint density at radius 1 is 1.12 bits per heavy atom. The van der Waals surface area contributed by atoms with Gasteiger partial charge in [0.15, 0.2) is 11.5 Å². The van der Waals surface area contributed by atoms with Gasteiger partial charge in [-0.2, -0.15) is 0 Å². The minimum Gasteiger partial charge on any atom is -0.454 e. The molecule has 7 heteroatoms. The van der Waals surface area contributed by atoms with Gasteiger partial charge in [-0.05, 0) is 42.0 Å². The number of hydrogen-bond acceptors (Lipinski definition) is 4. The fourth-order valence-corrected chi connectivity index (χ4v) is 2.58. The second-order valence-corrected chi connectivity index (χ2v) is 5.98. The summed E-state index contributed by atoms with van der Waals surface area (Å²) in [7, 11) is 0. The number of ether oxygens (including phenoxy) is 2. The Morgan fingerprint density at radius 3 is 2.56 bits per heavy atom. The molecule has 0 bridgehead atoms.